The molecule has 0 amide bonds. The average Bonchev–Trinajstić information content (AvgIpc) is 2.97. The highest BCUT2D eigenvalue weighted by Gasteiger charge is 2.23. The summed E-state index contributed by atoms with van der Waals surface area (Å²) < 4.78 is 19.8. The zero-order valence-corrected chi connectivity index (χ0v) is 11.6. The van der Waals surface area contributed by atoms with Crippen LogP contribution in [0.3, 0.4) is 0 Å². The maximum Gasteiger partial charge on any atom is 0.373 e. The monoisotopic (exact) mass is 308 g/mol. The highest BCUT2D eigenvalue weighted by Crippen LogP contribution is 2.31. The second kappa shape index (κ2) is 5.02. The van der Waals surface area contributed by atoms with Gasteiger partial charge in [0.2, 0.25) is 5.82 Å². The minimum atomic E-state index is -0.536. The molecule has 2 heterocycles. The molecule has 0 aliphatic carbocycles. The van der Waals surface area contributed by atoms with E-state index in [9.17, 15) is 14.5 Å². The van der Waals surface area contributed by atoms with Crippen molar-refractivity contribution < 1.29 is 14.1 Å². The molecule has 0 aliphatic heterocycles. The van der Waals surface area contributed by atoms with Gasteiger partial charge in [-0.15, -0.1) is 0 Å². The second-order valence-corrected chi connectivity index (χ2v) is 4.97. The number of ether oxygens (including phenoxy) is 1. The summed E-state index contributed by atoms with van der Waals surface area (Å²) in [5.74, 6) is -0.351. The Morgan fingerprint density at radius 3 is 3.00 bits per heavy atom. The van der Waals surface area contributed by atoms with Gasteiger partial charge in [-0.3, -0.25) is 0 Å². The molecule has 108 valence electrons. The molecule has 0 bridgehead atoms. The molecule has 0 unspecified atom stereocenters. The molecule has 1 aromatic carbocycles. The first-order chi connectivity index (χ1) is 10.1. The van der Waals surface area contributed by atoms with Crippen molar-refractivity contribution in [3.8, 4) is 5.75 Å². The molecule has 0 fully saturated rings. The molecule has 21 heavy (non-hydrogen) atoms. The maximum atomic E-state index is 13.4. The highest BCUT2D eigenvalue weighted by atomic mass is 32.1. The molecular formula is C12H9FN4O3S. The summed E-state index contributed by atoms with van der Waals surface area (Å²) in [5, 5.41) is 15.6. The lowest BCUT2D eigenvalue weighted by Gasteiger charge is -2.06. The Balaban J connectivity index is 2.05. The number of fused-ring (bicyclic) bond motifs is 1. The van der Waals surface area contributed by atoms with Gasteiger partial charge in [0.05, 0.1) is 7.11 Å². The molecule has 0 radical (unpaired) electrons. The van der Waals surface area contributed by atoms with Crippen LogP contribution < -0.4 is 10.1 Å². The van der Waals surface area contributed by atoms with Crippen molar-refractivity contribution in [3.63, 3.8) is 0 Å². The van der Waals surface area contributed by atoms with Crippen molar-refractivity contribution in [2.24, 2.45) is 0 Å². The molecule has 1 N–H and O–H groups in total. The van der Waals surface area contributed by atoms with Crippen LogP contribution in [0.2, 0.25) is 0 Å². The minimum absolute atomic E-state index is 0.0551. The predicted octanol–water partition coefficient (Wildman–Crippen LogP) is 3.20. The molecule has 7 nitrogen and oxygen atoms in total. The van der Waals surface area contributed by atoms with Gasteiger partial charge in [-0.1, -0.05) is 11.3 Å². The molecule has 0 saturated carbocycles. The second-order valence-electron chi connectivity index (χ2n) is 4.10. The number of nitrogens with zero attached hydrogens (tertiary/aromatic N) is 3. The summed E-state index contributed by atoms with van der Waals surface area (Å²) in [6.45, 7) is 0. The lowest BCUT2D eigenvalue weighted by Crippen LogP contribution is -1.99. The van der Waals surface area contributed by atoms with E-state index in [0.717, 1.165) is 0 Å². The largest absolute Gasteiger partial charge is 0.497 e. The molecule has 0 atom stereocenters. The van der Waals surface area contributed by atoms with Crippen molar-refractivity contribution >= 4 is 33.6 Å². The Morgan fingerprint density at radius 2 is 2.29 bits per heavy atom. The standard InChI is InChI=1S/C12H9FN4O3S/c1-20-9-5-7(13)4-8(6-9)14-10-11(17(18)19)16-2-3-21-12(16)15-10/h2-6,14H,1H3. The lowest BCUT2D eigenvalue weighted by atomic mass is 10.3. The average molecular weight is 308 g/mol. The van der Waals surface area contributed by atoms with Crippen molar-refractivity contribution in [2.45, 2.75) is 0 Å². The fourth-order valence-electron chi connectivity index (χ4n) is 1.92. The van der Waals surface area contributed by atoms with E-state index >= 15 is 0 Å². The van der Waals surface area contributed by atoms with Gasteiger partial charge in [-0.25, -0.2) is 4.39 Å². The molecule has 9 heteroatoms. The van der Waals surface area contributed by atoms with Crippen LogP contribution >= 0.6 is 11.3 Å². The van der Waals surface area contributed by atoms with E-state index in [-0.39, 0.29) is 11.6 Å². The van der Waals surface area contributed by atoms with E-state index in [1.54, 1.807) is 11.6 Å². The third kappa shape index (κ3) is 2.38. The van der Waals surface area contributed by atoms with Gasteiger partial charge in [-0.05, 0) is 11.0 Å². The van der Waals surface area contributed by atoms with Crippen LogP contribution in [-0.4, -0.2) is 21.4 Å². The van der Waals surface area contributed by atoms with Gasteiger partial charge in [0.15, 0.2) is 0 Å². The first-order valence-corrected chi connectivity index (χ1v) is 6.68. The number of benzene rings is 1. The minimum Gasteiger partial charge on any atom is -0.497 e. The Morgan fingerprint density at radius 1 is 1.48 bits per heavy atom. The first kappa shape index (κ1) is 13.3. The molecular weight excluding hydrogens is 299 g/mol. The summed E-state index contributed by atoms with van der Waals surface area (Å²) in [5.41, 5.74) is 0.320. The fourth-order valence-corrected chi connectivity index (χ4v) is 2.63. The van der Waals surface area contributed by atoms with Gasteiger partial charge >= 0.3 is 5.82 Å². The van der Waals surface area contributed by atoms with E-state index < -0.39 is 10.7 Å². The van der Waals surface area contributed by atoms with Crippen molar-refractivity contribution in [3.05, 3.63) is 45.7 Å². The summed E-state index contributed by atoms with van der Waals surface area (Å²) in [6.07, 6.45) is 1.56. The Labute approximate surface area is 121 Å². The van der Waals surface area contributed by atoms with E-state index in [0.29, 0.717) is 16.4 Å². The third-order valence-electron chi connectivity index (χ3n) is 2.78. The molecule has 2 aromatic heterocycles. The topological polar surface area (TPSA) is 81.7 Å². The highest BCUT2D eigenvalue weighted by molar-refractivity contribution is 7.15. The molecule has 0 spiro atoms. The fraction of sp³-hybridized carbons (Fsp3) is 0.0833. The smallest absolute Gasteiger partial charge is 0.373 e. The number of rotatable bonds is 4. The predicted molar refractivity (Wildman–Crippen MR) is 76.0 cm³/mol. The van der Waals surface area contributed by atoms with E-state index in [4.69, 9.17) is 4.74 Å². The SMILES string of the molecule is COc1cc(F)cc(Nc2nc3sccn3c2[N+](=O)[O-])c1. The number of anilines is 2. The maximum absolute atomic E-state index is 13.4. The molecule has 3 rings (SSSR count). The van der Waals surface area contributed by atoms with Crippen LogP contribution in [0.4, 0.5) is 21.7 Å². The van der Waals surface area contributed by atoms with E-state index in [1.807, 2.05) is 0 Å². The number of halogens is 1. The third-order valence-corrected chi connectivity index (χ3v) is 3.54. The summed E-state index contributed by atoms with van der Waals surface area (Å²) >= 11 is 1.27. The number of nitro groups is 1. The van der Waals surface area contributed by atoms with Crippen LogP contribution in [0.25, 0.3) is 4.96 Å². The summed E-state index contributed by atoms with van der Waals surface area (Å²) in [7, 11) is 1.41. The zero-order chi connectivity index (χ0) is 15.0. The van der Waals surface area contributed by atoms with Gasteiger partial charge in [-0.2, -0.15) is 9.38 Å². The Bertz CT molecular complexity index is 829. The number of hydrogen-bond donors (Lipinski definition) is 1. The number of imidazole rings is 1. The summed E-state index contributed by atoms with van der Waals surface area (Å²) in [6, 6.07) is 3.95. The van der Waals surface area contributed by atoms with Gasteiger partial charge < -0.3 is 20.2 Å². The number of nitrogens with one attached hydrogen (secondary N) is 1. The normalized spacial score (nSPS) is 10.8. The van der Waals surface area contributed by atoms with Crippen molar-refractivity contribution in [2.75, 3.05) is 12.4 Å². The van der Waals surface area contributed by atoms with Crippen LogP contribution in [0.5, 0.6) is 5.75 Å². The zero-order valence-electron chi connectivity index (χ0n) is 10.7. The van der Waals surface area contributed by atoms with Gasteiger partial charge in [0.25, 0.3) is 4.96 Å². The van der Waals surface area contributed by atoms with Gasteiger partial charge in [0.1, 0.15) is 17.8 Å². The molecule has 0 aliphatic rings. The summed E-state index contributed by atoms with van der Waals surface area (Å²) in [4.78, 5) is 15.3. The van der Waals surface area contributed by atoms with Gasteiger partial charge in [0, 0.05) is 23.2 Å². The molecule has 3 aromatic rings. The Kier molecular flexibility index (Phi) is 3.18. The first-order valence-electron chi connectivity index (χ1n) is 5.80. The van der Waals surface area contributed by atoms with Crippen LogP contribution in [0.15, 0.2) is 29.8 Å². The van der Waals surface area contributed by atoms with Crippen molar-refractivity contribution in [1.29, 1.82) is 0 Å². The van der Waals surface area contributed by atoms with E-state index in [2.05, 4.69) is 10.3 Å². The number of hydrogen-bond acceptors (Lipinski definition) is 6. The van der Waals surface area contributed by atoms with Crippen molar-refractivity contribution in [1.82, 2.24) is 9.38 Å². The van der Waals surface area contributed by atoms with E-state index in [1.165, 1.54) is 41.0 Å². The number of thiazole rings is 1. The molecule has 0 saturated heterocycles. The van der Waals surface area contributed by atoms with Crippen LogP contribution in [0.1, 0.15) is 0 Å². The van der Waals surface area contributed by atoms with Crippen LogP contribution in [0, 0.1) is 15.9 Å². The quantitative estimate of drug-likeness (QED) is 0.591. The number of methoxy groups -OCH3 is 1. The Hall–Kier alpha value is -2.68. The number of aromatic nitrogens is 2. The lowest BCUT2D eigenvalue weighted by molar-refractivity contribution is -0.389. The van der Waals surface area contributed by atoms with Crippen LogP contribution in [-0.2, 0) is 0 Å².